The van der Waals surface area contributed by atoms with E-state index < -0.39 is 0 Å². The largest absolute Gasteiger partial charge is 0.289 e. The third kappa shape index (κ3) is 3.89. The van der Waals surface area contributed by atoms with Crippen molar-refractivity contribution in [3.8, 4) is 0 Å². The Morgan fingerprint density at radius 1 is 1.21 bits per heavy atom. The molecule has 0 spiro atoms. The van der Waals surface area contributed by atoms with Crippen LogP contribution in [0.5, 0.6) is 0 Å². The summed E-state index contributed by atoms with van der Waals surface area (Å²) < 4.78 is 12.7. The first-order valence-electron chi connectivity index (χ1n) is 6.62. The van der Waals surface area contributed by atoms with Gasteiger partial charge >= 0.3 is 0 Å². The summed E-state index contributed by atoms with van der Waals surface area (Å²) in [5.41, 5.74) is 0.412. The number of halogens is 1. The summed E-state index contributed by atoms with van der Waals surface area (Å²) in [5, 5.41) is 11.0. The minimum Gasteiger partial charge on any atom is -0.289 e. The highest BCUT2D eigenvalue weighted by atomic mass is 19.1. The second kappa shape index (κ2) is 6.48. The number of carbonyl (C=O) groups excluding carboxylic acids is 1. The van der Waals surface area contributed by atoms with Crippen LogP contribution >= 0.6 is 0 Å². The van der Waals surface area contributed by atoms with Crippen molar-refractivity contribution in [1.29, 1.82) is 0 Å². The van der Waals surface area contributed by atoms with E-state index in [1.54, 1.807) is 0 Å². The van der Waals surface area contributed by atoms with Gasteiger partial charge in [-0.2, -0.15) is 0 Å². The molecule has 19 heavy (non-hydrogen) atoms. The number of hydrogen-bond donors (Lipinski definition) is 1. The minimum absolute atomic E-state index is 0.103. The Bertz CT molecular complexity index is 450. The highest BCUT2D eigenvalue weighted by Gasteiger charge is 2.17. The summed E-state index contributed by atoms with van der Waals surface area (Å²) in [6.45, 7) is 0. The second-order valence-corrected chi connectivity index (χ2v) is 4.86. The zero-order chi connectivity index (χ0) is 13.7. The second-order valence-electron chi connectivity index (χ2n) is 4.86. The molecule has 0 atom stereocenters. The molecular weight excluding hydrogens is 245 g/mol. The van der Waals surface area contributed by atoms with Gasteiger partial charge in [-0.05, 0) is 37.1 Å². The van der Waals surface area contributed by atoms with Gasteiger partial charge < -0.3 is 0 Å². The van der Waals surface area contributed by atoms with Crippen LogP contribution in [0.1, 0.15) is 42.5 Å². The number of hydroxylamine groups is 2. The van der Waals surface area contributed by atoms with Crippen molar-refractivity contribution >= 4 is 5.78 Å². The Labute approximate surface area is 112 Å². The predicted octanol–water partition coefficient (Wildman–Crippen LogP) is 3.55. The van der Waals surface area contributed by atoms with Crippen LogP contribution in [-0.4, -0.2) is 22.1 Å². The van der Waals surface area contributed by atoms with Gasteiger partial charge in [0.2, 0.25) is 0 Å². The molecule has 0 amide bonds. The first-order chi connectivity index (χ1) is 9.16. The standard InChI is InChI=1S/C15H18FNO2/c16-13-8-6-12(7-9-13)15(18)10-11-17(19)14-4-2-1-3-5-14/h6-11,14,19H,1-5H2/b11-10+. The topological polar surface area (TPSA) is 40.5 Å². The first kappa shape index (κ1) is 13.7. The number of ketones is 1. The summed E-state index contributed by atoms with van der Waals surface area (Å²) in [6, 6.07) is 5.47. The highest BCUT2D eigenvalue weighted by Crippen LogP contribution is 2.21. The van der Waals surface area contributed by atoms with Crippen molar-refractivity contribution in [2.24, 2.45) is 0 Å². The van der Waals surface area contributed by atoms with Crippen molar-refractivity contribution in [3.63, 3.8) is 0 Å². The van der Waals surface area contributed by atoms with Gasteiger partial charge in [0.1, 0.15) is 5.82 Å². The molecule has 0 aliphatic heterocycles. The van der Waals surface area contributed by atoms with Gasteiger partial charge in [-0.1, -0.05) is 19.3 Å². The summed E-state index contributed by atoms with van der Waals surface area (Å²) in [4.78, 5) is 11.8. The first-order valence-corrected chi connectivity index (χ1v) is 6.62. The van der Waals surface area contributed by atoms with Crippen molar-refractivity contribution in [2.75, 3.05) is 0 Å². The third-order valence-electron chi connectivity index (χ3n) is 3.46. The monoisotopic (exact) mass is 263 g/mol. The van der Waals surface area contributed by atoms with E-state index in [1.807, 2.05) is 0 Å². The number of hydrogen-bond acceptors (Lipinski definition) is 3. The number of rotatable bonds is 4. The normalized spacial score (nSPS) is 16.7. The van der Waals surface area contributed by atoms with E-state index in [0.29, 0.717) is 5.56 Å². The molecule has 1 aliphatic carbocycles. The molecule has 2 rings (SSSR count). The van der Waals surface area contributed by atoms with Gasteiger partial charge in [0.05, 0.1) is 6.04 Å². The Balaban J connectivity index is 1.93. The van der Waals surface area contributed by atoms with Crippen LogP contribution in [0.3, 0.4) is 0 Å². The lowest BCUT2D eigenvalue weighted by Crippen LogP contribution is -2.29. The van der Waals surface area contributed by atoms with Gasteiger partial charge in [0.15, 0.2) is 5.78 Å². The van der Waals surface area contributed by atoms with Crippen LogP contribution in [0.4, 0.5) is 4.39 Å². The lowest BCUT2D eigenvalue weighted by atomic mass is 9.95. The van der Waals surface area contributed by atoms with E-state index in [9.17, 15) is 14.4 Å². The molecule has 1 aliphatic rings. The lowest BCUT2D eigenvalue weighted by molar-refractivity contribution is -0.0884. The van der Waals surface area contributed by atoms with E-state index in [-0.39, 0.29) is 17.6 Å². The molecule has 102 valence electrons. The quantitative estimate of drug-likeness (QED) is 0.513. The average molecular weight is 263 g/mol. The van der Waals surface area contributed by atoms with Crippen molar-refractivity contribution < 1.29 is 14.4 Å². The maximum Gasteiger partial charge on any atom is 0.187 e. The number of nitrogens with zero attached hydrogens (tertiary/aromatic N) is 1. The molecule has 3 nitrogen and oxygen atoms in total. The summed E-state index contributed by atoms with van der Waals surface area (Å²) in [5.74, 6) is -0.610. The summed E-state index contributed by atoms with van der Waals surface area (Å²) in [6.07, 6.45) is 8.06. The molecule has 0 heterocycles. The van der Waals surface area contributed by atoms with Crippen molar-refractivity contribution in [3.05, 3.63) is 47.9 Å². The molecule has 1 saturated carbocycles. The molecule has 0 bridgehead atoms. The number of allylic oxidation sites excluding steroid dienone is 1. The van der Waals surface area contributed by atoms with E-state index >= 15 is 0 Å². The molecule has 0 aromatic heterocycles. The van der Waals surface area contributed by atoms with Crippen LogP contribution in [0.2, 0.25) is 0 Å². The smallest absolute Gasteiger partial charge is 0.187 e. The molecule has 1 N–H and O–H groups in total. The Morgan fingerprint density at radius 2 is 1.84 bits per heavy atom. The van der Waals surface area contributed by atoms with Crippen LogP contribution in [-0.2, 0) is 0 Å². The Kier molecular flexibility index (Phi) is 4.68. The van der Waals surface area contributed by atoms with Gasteiger partial charge in [0.25, 0.3) is 0 Å². The van der Waals surface area contributed by atoms with E-state index in [1.165, 1.54) is 43.0 Å². The van der Waals surface area contributed by atoms with Crippen molar-refractivity contribution in [2.45, 2.75) is 38.1 Å². The van der Waals surface area contributed by atoms with Gasteiger partial charge in [0, 0.05) is 17.8 Å². The van der Waals surface area contributed by atoms with E-state index in [2.05, 4.69) is 0 Å². The molecule has 1 aromatic carbocycles. The Hall–Kier alpha value is -1.68. The van der Waals surface area contributed by atoms with Crippen molar-refractivity contribution in [1.82, 2.24) is 5.06 Å². The molecule has 1 aromatic rings. The molecule has 0 radical (unpaired) electrons. The van der Waals surface area contributed by atoms with E-state index in [4.69, 9.17) is 0 Å². The summed E-state index contributed by atoms with van der Waals surface area (Å²) >= 11 is 0. The minimum atomic E-state index is -0.369. The third-order valence-corrected chi connectivity index (χ3v) is 3.46. The average Bonchev–Trinajstić information content (AvgIpc) is 2.46. The fourth-order valence-corrected chi connectivity index (χ4v) is 2.32. The van der Waals surface area contributed by atoms with Crippen LogP contribution < -0.4 is 0 Å². The maximum absolute atomic E-state index is 12.7. The molecule has 0 unspecified atom stereocenters. The molecular formula is C15H18FNO2. The maximum atomic E-state index is 12.7. The van der Waals surface area contributed by atoms with Gasteiger partial charge in [-0.25, -0.2) is 4.39 Å². The zero-order valence-electron chi connectivity index (χ0n) is 10.8. The predicted molar refractivity (Wildman–Crippen MR) is 70.4 cm³/mol. The highest BCUT2D eigenvalue weighted by molar-refractivity contribution is 6.04. The lowest BCUT2D eigenvalue weighted by Gasteiger charge is -2.27. The fraction of sp³-hybridized carbons (Fsp3) is 0.400. The van der Waals surface area contributed by atoms with Gasteiger partial charge in [-0.3, -0.25) is 15.1 Å². The van der Waals surface area contributed by atoms with Crippen LogP contribution in [0.25, 0.3) is 0 Å². The van der Waals surface area contributed by atoms with E-state index in [0.717, 1.165) is 30.7 Å². The van der Waals surface area contributed by atoms with Crippen LogP contribution in [0, 0.1) is 5.82 Å². The SMILES string of the molecule is O=C(/C=C/N(O)C1CCCCC1)c1ccc(F)cc1. The molecule has 1 fully saturated rings. The van der Waals surface area contributed by atoms with Gasteiger partial charge in [-0.15, -0.1) is 0 Å². The zero-order valence-corrected chi connectivity index (χ0v) is 10.8. The summed E-state index contributed by atoms with van der Waals surface area (Å²) in [7, 11) is 0. The molecule has 0 saturated heterocycles. The number of carbonyl (C=O) groups is 1. The number of benzene rings is 1. The molecule has 4 heteroatoms. The fourth-order valence-electron chi connectivity index (χ4n) is 2.32. The van der Waals surface area contributed by atoms with Crippen LogP contribution in [0.15, 0.2) is 36.5 Å². The Morgan fingerprint density at radius 3 is 2.47 bits per heavy atom.